The Morgan fingerprint density at radius 2 is 2.07 bits per heavy atom. The van der Waals surface area contributed by atoms with Crippen LogP contribution in [0.3, 0.4) is 0 Å². The van der Waals surface area contributed by atoms with E-state index in [1.54, 1.807) is 0 Å². The van der Waals surface area contributed by atoms with Gasteiger partial charge in [0.15, 0.2) is 5.96 Å². The molecule has 1 heterocycles. The van der Waals surface area contributed by atoms with Gasteiger partial charge >= 0.3 is 0 Å². The van der Waals surface area contributed by atoms with Crippen LogP contribution in [-0.2, 0) is 5.54 Å². The summed E-state index contributed by atoms with van der Waals surface area (Å²) in [6, 6.07) is 8.56. The Morgan fingerprint density at radius 3 is 2.53 bits per heavy atom. The first kappa shape index (κ1) is 10.0. The van der Waals surface area contributed by atoms with E-state index < -0.39 is 0 Å². The van der Waals surface area contributed by atoms with Gasteiger partial charge in [-0.15, -0.1) is 0 Å². The number of nitrogens with zero attached hydrogens (tertiary/aromatic N) is 1. The van der Waals surface area contributed by atoms with E-state index in [9.17, 15) is 0 Å². The predicted molar refractivity (Wildman–Crippen MR) is 62.8 cm³/mol. The lowest BCUT2D eigenvalue weighted by Crippen LogP contribution is -2.44. The Kier molecular flexibility index (Phi) is 2.39. The van der Waals surface area contributed by atoms with Crippen LogP contribution in [0, 0.1) is 6.92 Å². The van der Waals surface area contributed by atoms with Gasteiger partial charge in [0.2, 0.25) is 0 Å². The number of guanidine groups is 1. The first-order valence-electron chi connectivity index (χ1n) is 5.31. The topological polar surface area (TPSA) is 50.4 Å². The van der Waals surface area contributed by atoms with Crippen molar-refractivity contribution in [2.24, 2.45) is 10.7 Å². The van der Waals surface area contributed by atoms with Crippen LogP contribution in [-0.4, -0.2) is 12.5 Å². The van der Waals surface area contributed by atoms with Crippen LogP contribution in [0.4, 0.5) is 0 Å². The molecule has 0 aliphatic carbocycles. The third kappa shape index (κ3) is 1.69. The van der Waals surface area contributed by atoms with E-state index in [-0.39, 0.29) is 5.54 Å². The second-order valence-corrected chi connectivity index (χ2v) is 4.13. The molecule has 0 amide bonds. The largest absolute Gasteiger partial charge is 0.370 e. The highest BCUT2D eigenvalue weighted by Gasteiger charge is 2.34. The lowest BCUT2D eigenvalue weighted by atomic mass is 9.87. The molecule has 1 aromatic carbocycles. The lowest BCUT2D eigenvalue weighted by Gasteiger charge is -2.28. The summed E-state index contributed by atoms with van der Waals surface area (Å²) in [5.41, 5.74) is 8.15. The maximum atomic E-state index is 5.69. The Morgan fingerprint density at radius 1 is 1.40 bits per heavy atom. The molecule has 3 heteroatoms. The number of aryl methyl sites for hydroxylation is 1. The van der Waals surface area contributed by atoms with E-state index in [2.05, 4.69) is 48.4 Å². The molecule has 15 heavy (non-hydrogen) atoms. The van der Waals surface area contributed by atoms with Gasteiger partial charge < -0.3 is 11.1 Å². The molecule has 1 aromatic rings. The Bertz CT molecular complexity index is 380. The maximum Gasteiger partial charge on any atom is 0.189 e. The number of hydrogen-bond acceptors (Lipinski definition) is 3. The standard InChI is InChI=1S/C12H17N3/c1-3-12(8-14-11(13)15-12)10-6-4-9(2)5-7-10/h4-7H,3,8H2,1-2H3,(H3,13,14,15). The van der Waals surface area contributed by atoms with E-state index in [0.29, 0.717) is 5.96 Å². The van der Waals surface area contributed by atoms with Crippen molar-refractivity contribution in [2.45, 2.75) is 25.8 Å². The molecule has 0 saturated carbocycles. The minimum atomic E-state index is -0.0855. The van der Waals surface area contributed by atoms with Crippen LogP contribution in [0.25, 0.3) is 0 Å². The zero-order chi connectivity index (χ0) is 10.9. The highest BCUT2D eigenvalue weighted by Crippen LogP contribution is 2.28. The van der Waals surface area contributed by atoms with Crippen LogP contribution in [0.2, 0.25) is 0 Å². The molecular formula is C12H17N3. The van der Waals surface area contributed by atoms with Crippen molar-refractivity contribution in [1.82, 2.24) is 5.32 Å². The molecular weight excluding hydrogens is 186 g/mol. The Balaban J connectivity index is 2.32. The second kappa shape index (κ2) is 3.57. The van der Waals surface area contributed by atoms with Gasteiger partial charge in [-0.1, -0.05) is 36.8 Å². The van der Waals surface area contributed by atoms with Crippen molar-refractivity contribution < 1.29 is 0 Å². The average molecular weight is 203 g/mol. The summed E-state index contributed by atoms with van der Waals surface area (Å²) in [7, 11) is 0. The molecule has 3 N–H and O–H groups in total. The van der Waals surface area contributed by atoms with Gasteiger partial charge in [0.25, 0.3) is 0 Å². The highest BCUT2D eigenvalue weighted by molar-refractivity contribution is 5.81. The van der Waals surface area contributed by atoms with Crippen molar-refractivity contribution in [1.29, 1.82) is 0 Å². The number of hydrogen-bond donors (Lipinski definition) is 2. The van der Waals surface area contributed by atoms with Gasteiger partial charge in [0.05, 0.1) is 12.1 Å². The van der Waals surface area contributed by atoms with Gasteiger partial charge in [-0.05, 0) is 18.9 Å². The molecule has 0 bridgehead atoms. The average Bonchev–Trinajstić information content (AvgIpc) is 2.62. The fourth-order valence-electron chi connectivity index (χ4n) is 1.98. The van der Waals surface area contributed by atoms with Crippen LogP contribution in [0.5, 0.6) is 0 Å². The van der Waals surface area contributed by atoms with Crippen LogP contribution < -0.4 is 11.1 Å². The smallest absolute Gasteiger partial charge is 0.189 e. The summed E-state index contributed by atoms with van der Waals surface area (Å²) >= 11 is 0. The molecule has 1 unspecified atom stereocenters. The van der Waals surface area contributed by atoms with E-state index in [4.69, 9.17) is 5.73 Å². The molecule has 2 rings (SSSR count). The first-order chi connectivity index (χ1) is 7.16. The first-order valence-corrected chi connectivity index (χ1v) is 5.31. The summed E-state index contributed by atoms with van der Waals surface area (Å²) < 4.78 is 0. The maximum absolute atomic E-state index is 5.69. The van der Waals surface area contributed by atoms with Crippen molar-refractivity contribution >= 4 is 5.96 Å². The van der Waals surface area contributed by atoms with E-state index in [0.717, 1.165) is 13.0 Å². The van der Waals surface area contributed by atoms with E-state index in [1.807, 2.05) is 0 Å². The van der Waals surface area contributed by atoms with Gasteiger partial charge in [0, 0.05) is 0 Å². The SMILES string of the molecule is CCC1(c2ccc(C)cc2)CN=C(N)N1. The number of aliphatic imine (C=N–C) groups is 1. The third-order valence-corrected chi connectivity index (χ3v) is 3.09. The summed E-state index contributed by atoms with van der Waals surface area (Å²) in [5, 5.41) is 3.28. The number of rotatable bonds is 2. The number of nitrogens with one attached hydrogen (secondary N) is 1. The van der Waals surface area contributed by atoms with Crippen molar-refractivity contribution in [2.75, 3.05) is 6.54 Å². The van der Waals surface area contributed by atoms with Gasteiger partial charge in [0.1, 0.15) is 0 Å². The molecule has 0 aromatic heterocycles. The molecule has 0 saturated heterocycles. The quantitative estimate of drug-likeness (QED) is 0.765. The van der Waals surface area contributed by atoms with E-state index in [1.165, 1.54) is 11.1 Å². The minimum absolute atomic E-state index is 0.0855. The fourth-order valence-corrected chi connectivity index (χ4v) is 1.98. The van der Waals surface area contributed by atoms with E-state index >= 15 is 0 Å². The monoisotopic (exact) mass is 203 g/mol. The van der Waals surface area contributed by atoms with Gasteiger partial charge in [-0.25, -0.2) is 0 Å². The molecule has 0 spiro atoms. The molecule has 0 fully saturated rings. The normalized spacial score (nSPS) is 24.8. The molecule has 1 aliphatic heterocycles. The Hall–Kier alpha value is -1.51. The molecule has 1 atom stereocenters. The molecule has 80 valence electrons. The van der Waals surface area contributed by atoms with Crippen LogP contribution in [0.1, 0.15) is 24.5 Å². The predicted octanol–water partition coefficient (Wildman–Crippen LogP) is 1.52. The second-order valence-electron chi connectivity index (χ2n) is 4.13. The number of benzene rings is 1. The van der Waals surface area contributed by atoms with Crippen molar-refractivity contribution in [3.63, 3.8) is 0 Å². The van der Waals surface area contributed by atoms with Crippen molar-refractivity contribution in [3.8, 4) is 0 Å². The minimum Gasteiger partial charge on any atom is -0.370 e. The Labute approximate surface area is 90.4 Å². The van der Waals surface area contributed by atoms with Crippen LogP contribution >= 0.6 is 0 Å². The summed E-state index contributed by atoms with van der Waals surface area (Å²) in [6.07, 6.45) is 0.986. The van der Waals surface area contributed by atoms with Crippen molar-refractivity contribution in [3.05, 3.63) is 35.4 Å². The summed E-state index contributed by atoms with van der Waals surface area (Å²) in [4.78, 5) is 4.24. The summed E-state index contributed by atoms with van der Waals surface area (Å²) in [6.45, 7) is 4.98. The zero-order valence-electron chi connectivity index (χ0n) is 9.25. The van der Waals surface area contributed by atoms with Crippen LogP contribution in [0.15, 0.2) is 29.3 Å². The molecule has 3 nitrogen and oxygen atoms in total. The molecule has 1 aliphatic rings. The number of nitrogens with two attached hydrogens (primary N) is 1. The zero-order valence-corrected chi connectivity index (χ0v) is 9.25. The fraction of sp³-hybridized carbons (Fsp3) is 0.417. The van der Waals surface area contributed by atoms with Gasteiger partial charge in [-0.3, -0.25) is 4.99 Å². The summed E-state index contributed by atoms with van der Waals surface area (Å²) in [5.74, 6) is 0.553. The third-order valence-electron chi connectivity index (χ3n) is 3.09. The van der Waals surface area contributed by atoms with Gasteiger partial charge in [-0.2, -0.15) is 0 Å². The highest BCUT2D eigenvalue weighted by atomic mass is 15.2. The molecule has 0 radical (unpaired) electrons. The lowest BCUT2D eigenvalue weighted by molar-refractivity contribution is 0.415.